The third-order valence-electron chi connectivity index (χ3n) is 4.65. The van der Waals surface area contributed by atoms with Crippen molar-refractivity contribution in [2.45, 2.75) is 6.54 Å². The molecule has 1 amide bonds. The van der Waals surface area contributed by atoms with Gasteiger partial charge < -0.3 is 4.57 Å². The summed E-state index contributed by atoms with van der Waals surface area (Å²) in [6, 6.07) is 14.5. The number of carbonyl (C=O) groups is 1. The maximum Gasteiger partial charge on any atom is 0.280 e. The Kier molecular flexibility index (Phi) is 5.14. The third-order valence-corrected chi connectivity index (χ3v) is 5.78. The summed E-state index contributed by atoms with van der Waals surface area (Å²) in [5, 5.41) is 24.3. The Labute approximate surface area is 178 Å². The first kappa shape index (κ1) is 20.1. The van der Waals surface area contributed by atoms with Gasteiger partial charge in [0.1, 0.15) is 0 Å². The van der Waals surface area contributed by atoms with Gasteiger partial charge in [-0.3, -0.25) is 25.0 Å². The minimum absolute atomic E-state index is 0.228. The van der Waals surface area contributed by atoms with Crippen LogP contribution in [0.25, 0.3) is 21.0 Å². The van der Waals surface area contributed by atoms with Crippen molar-refractivity contribution < 1.29 is 14.6 Å². The molecule has 0 saturated heterocycles. The van der Waals surface area contributed by atoms with Crippen LogP contribution in [0.4, 0.5) is 11.4 Å². The van der Waals surface area contributed by atoms with Crippen molar-refractivity contribution in [1.82, 2.24) is 4.57 Å². The van der Waals surface area contributed by atoms with Gasteiger partial charge in [-0.2, -0.15) is 4.99 Å². The minimum Gasteiger partial charge on any atom is -0.312 e. The summed E-state index contributed by atoms with van der Waals surface area (Å²) in [7, 11) is 0. The van der Waals surface area contributed by atoms with Crippen LogP contribution in [0.5, 0.6) is 0 Å². The van der Waals surface area contributed by atoms with E-state index in [9.17, 15) is 25.0 Å². The molecule has 4 aromatic rings. The number of benzene rings is 3. The fourth-order valence-corrected chi connectivity index (χ4v) is 4.44. The van der Waals surface area contributed by atoms with Gasteiger partial charge in [0.2, 0.25) is 0 Å². The lowest BCUT2D eigenvalue weighted by molar-refractivity contribution is -0.394. The molecule has 0 saturated carbocycles. The largest absolute Gasteiger partial charge is 0.312 e. The third kappa shape index (κ3) is 3.71. The smallest absolute Gasteiger partial charge is 0.280 e. The van der Waals surface area contributed by atoms with E-state index in [0.717, 1.165) is 39.2 Å². The molecule has 0 aliphatic carbocycles. The van der Waals surface area contributed by atoms with E-state index in [1.807, 2.05) is 41.0 Å². The van der Waals surface area contributed by atoms with Crippen molar-refractivity contribution in [2.24, 2.45) is 4.99 Å². The fourth-order valence-electron chi connectivity index (χ4n) is 3.27. The number of carbonyl (C=O) groups excluding carboxylic acids is 1. The van der Waals surface area contributed by atoms with Gasteiger partial charge in [-0.1, -0.05) is 47.7 Å². The monoisotopic (exact) mass is 434 g/mol. The first-order valence-corrected chi connectivity index (χ1v) is 9.85. The van der Waals surface area contributed by atoms with Crippen LogP contribution in [0, 0.1) is 20.2 Å². The minimum atomic E-state index is -0.805. The summed E-state index contributed by atoms with van der Waals surface area (Å²) in [6.45, 7) is 4.14. The first-order chi connectivity index (χ1) is 14.9. The van der Waals surface area contributed by atoms with Gasteiger partial charge in [0.05, 0.1) is 31.7 Å². The highest BCUT2D eigenvalue weighted by molar-refractivity contribution is 7.17. The molecule has 0 atom stereocenters. The molecule has 31 heavy (non-hydrogen) atoms. The Morgan fingerprint density at radius 3 is 2.39 bits per heavy atom. The Morgan fingerprint density at radius 2 is 1.74 bits per heavy atom. The zero-order valence-corrected chi connectivity index (χ0v) is 16.7. The molecule has 0 N–H and O–H groups in total. The number of aromatic nitrogens is 1. The average molecular weight is 434 g/mol. The van der Waals surface area contributed by atoms with E-state index in [0.29, 0.717) is 11.3 Å². The number of nitro groups is 2. The molecular weight excluding hydrogens is 420 g/mol. The molecular formula is C21H14N4O5S. The standard InChI is InChI=1S/C21H14N4O5S/c1-2-9-23-18-8-7-13-5-3-4-6-17(13)19(18)31-21(23)22-20(26)14-10-15(24(27)28)12-16(11-14)25(29)30/h2-8,10-12H,1,9H2. The van der Waals surface area contributed by atoms with E-state index in [-0.39, 0.29) is 5.56 Å². The number of hydrogen-bond donors (Lipinski definition) is 0. The van der Waals surface area contributed by atoms with E-state index in [1.165, 1.54) is 11.3 Å². The molecule has 0 radical (unpaired) electrons. The normalized spacial score (nSPS) is 11.7. The summed E-state index contributed by atoms with van der Waals surface area (Å²) in [5.41, 5.74) is -0.461. The summed E-state index contributed by atoms with van der Waals surface area (Å²) in [5.74, 6) is -0.805. The number of nitro benzene ring substituents is 2. The number of rotatable bonds is 5. The second-order valence-corrected chi connectivity index (χ2v) is 7.57. The van der Waals surface area contributed by atoms with Crippen LogP contribution < -0.4 is 4.80 Å². The number of nitrogens with zero attached hydrogens (tertiary/aromatic N) is 4. The van der Waals surface area contributed by atoms with Crippen molar-refractivity contribution in [2.75, 3.05) is 0 Å². The second-order valence-electron chi connectivity index (χ2n) is 6.59. The van der Waals surface area contributed by atoms with Crippen molar-refractivity contribution >= 4 is 49.6 Å². The molecule has 4 rings (SSSR count). The maximum absolute atomic E-state index is 12.8. The van der Waals surface area contributed by atoms with E-state index in [2.05, 4.69) is 11.6 Å². The summed E-state index contributed by atoms with van der Waals surface area (Å²) < 4.78 is 2.74. The fraction of sp³-hybridized carbons (Fsp3) is 0.0476. The molecule has 0 aliphatic heterocycles. The molecule has 3 aromatic carbocycles. The highest BCUT2D eigenvalue weighted by Gasteiger charge is 2.20. The van der Waals surface area contributed by atoms with Gasteiger partial charge in [-0.25, -0.2) is 0 Å². The Bertz CT molecular complexity index is 1440. The topological polar surface area (TPSA) is 121 Å². The molecule has 9 nitrogen and oxygen atoms in total. The number of allylic oxidation sites excluding steroid dienone is 1. The van der Waals surface area contributed by atoms with Gasteiger partial charge in [0.15, 0.2) is 4.80 Å². The molecule has 1 aromatic heterocycles. The maximum atomic E-state index is 12.8. The lowest BCUT2D eigenvalue weighted by atomic mass is 10.1. The number of non-ortho nitro benzene ring substituents is 2. The zero-order chi connectivity index (χ0) is 22.1. The molecule has 0 aliphatic rings. The van der Waals surface area contributed by atoms with Crippen LogP contribution in [-0.4, -0.2) is 20.3 Å². The van der Waals surface area contributed by atoms with E-state index in [4.69, 9.17) is 0 Å². The van der Waals surface area contributed by atoms with Crippen molar-refractivity contribution in [3.05, 3.63) is 97.8 Å². The van der Waals surface area contributed by atoms with Crippen molar-refractivity contribution in [3.63, 3.8) is 0 Å². The molecule has 0 unspecified atom stereocenters. The van der Waals surface area contributed by atoms with Crippen LogP contribution in [-0.2, 0) is 6.54 Å². The van der Waals surface area contributed by atoms with Crippen LogP contribution in [0.15, 0.2) is 72.2 Å². The Hall–Kier alpha value is -4.18. The number of thiazole rings is 1. The predicted octanol–water partition coefficient (Wildman–Crippen LogP) is 4.60. The van der Waals surface area contributed by atoms with E-state index < -0.39 is 27.1 Å². The van der Waals surface area contributed by atoms with Gasteiger partial charge in [-0.15, -0.1) is 6.58 Å². The highest BCUT2D eigenvalue weighted by Crippen LogP contribution is 2.28. The van der Waals surface area contributed by atoms with Gasteiger partial charge in [0, 0.05) is 24.1 Å². The highest BCUT2D eigenvalue weighted by atomic mass is 32.1. The van der Waals surface area contributed by atoms with Gasteiger partial charge in [0.25, 0.3) is 17.3 Å². The predicted molar refractivity (Wildman–Crippen MR) is 117 cm³/mol. The Morgan fingerprint density at radius 1 is 1.06 bits per heavy atom. The summed E-state index contributed by atoms with van der Waals surface area (Å²) in [4.78, 5) is 38.0. The number of fused-ring (bicyclic) bond motifs is 3. The molecule has 0 bridgehead atoms. The lowest BCUT2D eigenvalue weighted by Crippen LogP contribution is -2.16. The van der Waals surface area contributed by atoms with Crippen LogP contribution in [0.3, 0.4) is 0 Å². The molecule has 10 heteroatoms. The first-order valence-electron chi connectivity index (χ1n) is 9.04. The summed E-state index contributed by atoms with van der Waals surface area (Å²) in [6.07, 6.45) is 1.67. The van der Waals surface area contributed by atoms with Crippen LogP contribution in [0.1, 0.15) is 10.4 Å². The Balaban J connectivity index is 1.93. The zero-order valence-electron chi connectivity index (χ0n) is 15.9. The quantitative estimate of drug-likeness (QED) is 0.258. The number of amides is 1. The van der Waals surface area contributed by atoms with Crippen LogP contribution in [0.2, 0.25) is 0 Å². The van der Waals surface area contributed by atoms with Gasteiger partial charge >= 0.3 is 0 Å². The number of hydrogen-bond acceptors (Lipinski definition) is 6. The van der Waals surface area contributed by atoms with E-state index in [1.54, 1.807) is 6.08 Å². The molecule has 0 spiro atoms. The molecule has 1 heterocycles. The van der Waals surface area contributed by atoms with Crippen molar-refractivity contribution in [3.8, 4) is 0 Å². The second kappa shape index (κ2) is 7.92. The van der Waals surface area contributed by atoms with Crippen molar-refractivity contribution in [1.29, 1.82) is 0 Å². The van der Waals surface area contributed by atoms with Gasteiger partial charge in [-0.05, 0) is 11.5 Å². The van der Waals surface area contributed by atoms with Crippen LogP contribution >= 0.6 is 11.3 Å². The molecule has 154 valence electrons. The summed E-state index contributed by atoms with van der Waals surface area (Å²) >= 11 is 1.30. The van der Waals surface area contributed by atoms with E-state index >= 15 is 0 Å². The SMILES string of the molecule is C=CCn1c(=NC(=O)c2cc([N+](=O)[O-])cc([N+](=O)[O-])c2)sc2c3ccccc3ccc21. The molecule has 0 fully saturated rings. The lowest BCUT2D eigenvalue weighted by Gasteiger charge is -2.03. The average Bonchev–Trinajstić information content (AvgIpc) is 3.11.